The van der Waals surface area contributed by atoms with Gasteiger partial charge in [-0.15, -0.1) is 0 Å². The van der Waals surface area contributed by atoms with Gasteiger partial charge in [0.05, 0.1) is 5.92 Å². The topological polar surface area (TPSA) is 86.7 Å². The van der Waals surface area contributed by atoms with Crippen LogP contribution in [0.2, 0.25) is 0 Å². The molecule has 0 unspecified atom stereocenters. The molecule has 2 atom stereocenters. The van der Waals surface area contributed by atoms with Gasteiger partial charge in [-0.05, 0) is 30.2 Å². The van der Waals surface area contributed by atoms with Crippen molar-refractivity contribution in [2.45, 2.75) is 13.3 Å². The Morgan fingerprint density at radius 2 is 1.91 bits per heavy atom. The molecule has 6 nitrogen and oxygen atoms in total. The van der Waals surface area contributed by atoms with E-state index in [1.165, 1.54) is 29.2 Å². The number of likely N-dealkylation sites (tertiary alicyclic amines) is 1. The normalized spacial score (nSPS) is 20.3. The number of hydrogen-bond donors (Lipinski definition) is 2. The van der Waals surface area contributed by atoms with Crippen molar-refractivity contribution in [3.63, 3.8) is 0 Å². The minimum Gasteiger partial charge on any atom is -0.481 e. The van der Waals surface area contributed by atoms with Gasteiger partial charge in [0.15, 0.2) is 0 Å². The van der Waals surface area contributed by atoms with Crippen LogP contribution in [0.15, 0.2) is 24.3 Å². The minimum atomic E-state index is -0.891. The van der Waals surface area contributed by atoms with Crippen molar-refractivity contribution in [1.82, 2.24) is 10.2 Å². The highest BCUT2D eigenvalue weighted by molar-refractivity contribution is 5.94. The third-order valence-electron chi connectivity index (χ3n) is 4.01. The maximum atomic E-state index is 12.8. The largest absolute Gasteiger partial charge is 0.481 e. The lowest BCUT2D eigenvalue weighted by molar-refractivity contribution is -0.142. The van der Waals surface area contributed by atoms with Gasteiger partial charge in [0.25, 0.3) is 5.91 Å². The van der Waals surface area contributed by atoms with E-state index in [0.29, 0.717) is 12.1 Å². The number of aliphatic carboxylic acids is 1. The summed E-state index contributed by atoms with van der Waals surface area (Å²) in [5.41, 5.74) is 0.319. The fraction of sp³-hybridized carbons (Fsp3) is 0.438. The van der Waals surface area contributed by atoms with Gasteiger partial charge in [-0.3, -0.25) is 14.4 Å². The molecule has 0 radical (unpaired) electrons. The standard InChI is InChI=1S/C16H19FN2O4/c1-10-8-19(9-13(10)16(22)23)14(20)6-7-18-15(21)11-2-4-12(17)5-3-11/h2-5,10,13H,6-9H2,1H3,(H,18,21)(H,22,23)/t10-,13-/m1/s1. The second-order valence-corrected chi connectivity index (χ2v) is 5.73. The molecule has 0 aromatic heterocycles. The van der Waals surface area contributed by atoms with Gasteiger partial charge in [-0.2, -0.15) is 0 Å². The summed E-state index contributed by atoms with van der Waals surface area (Å²) in [4.78, 5) is 36.4. The van der Waals surface area contributed by atoms with E-state index in [9.17, 15) is 18.8 Å². The molecule has 1 aromatic carbocycles. The van der Waals surface area contributed by atoms with Crippen molar-refractivity contribution in [2.75, 3.05) is 19.6 Å². The number of carbonyl (C=O) groups is 3. The van der Waals surface area contributed by atoms with E-state index >= 15 is 0 Å². The summed E-state index contributed by atoms with van der Waals surface area (Å²) in [7, 11) is 0. The molecule has 1 saturated heterocycles. The lowest BCUT2D eigenvalue weighted by Gasteiger charge is -2.16. The molecule has 0 bridgehead atoms. The molecular weight excluding hydrogens is 303 g/mol. The molecule has 1 heterocycles. The molecule has 0 spiro atoms. The molecule has 2 rings (SSSR count). The van der Waals surface area contributed by atoms with Gasteiger partial charge in [-0.1, -0.05) is 6.92 Å². The van der Waals surface area contributed by atoms with Crippen molar-refractivity contribution in [3.05, 3.63) is 35.6 Å². The second-order valence-electron chi connectivity index (χ2n) is 5.73. The third-order valence-corrected chi connectivity index (χ3v) is 4.01. The number of carboxylic acids is 1. The van der Waals surface area contributed by atoms with Gasteiger partial charge in [0.1, 0.15) is 5.82 Å². The first-order valence-electron chi connectivity index (χ1n) is 7.43. The zero-order valence-corrected chi connectivity index (χ0v) is 12.8. The van der Waals surface area contributed by atoms with Crippen LogP contribution in [0.3, 0.4) is 0 Å². The summed E-state index contributed by atoms with van der Waals surface area (Å²) in [6, 6.07) is 5.12. The molecule has 124 valence electrons. The first kappa shape index (κ1) is 16.9. The average molecular weight is 322 g/mol. The first-order valence-corrected chi connectivity index (χ1v) is 7.43. The number of nitrogens with zero attached hydrogens (tertiary/aromatic N) is 1. The fourth-order valence-corrected chi connectivity index (χ4v) is 2.64. The Bertz CT molecular complexity index is 603. The average Bonchev–Trinajstić information content (AvgIpc) is 2.90. The van der Waals surface area contributed by atoms with Gasteiger partial charge in [0, 0.05) is 31.6 Å². The molecule has 1 fully saturated rings. The SMILES string of the molecule is C[C@@H]1CN(C(=O)CCNC(=O)c2ccc(F)cc2)C[C@H]1C(=O)O. The summed E-state index contributed by atoms with van der Waals surface area (Å²) in [6.45, 7) is 2.59. The maximum absolute atomic E-state index is 12.8. The summed E-state index contributed by atoms with van der Waals surface area (Å²) in [5, 5.41) is 11.6. The zero-order valence-electron chi connectivity index (χ0n) is 12.8. The summed E-state index contributed by atoms with van der Waals surface area (Å²) in [6.07, 6.45) is 0.103. The van der Waals surface area contributed by atoms with E-state index in [2.05, 4.69) is 5.32 Å². The van der Waals surface area contributed by atoms with Crippen LogP contribution in [-0.4, -0.2) is 47.4 Å². The van der Waals surface area contributed by atoms with E-state index in [4.69, 9.17) is 5.11 Å². The quantitative estimate of drug-likeness (QED) is 0.850. The highest BCUT2D eigenvalue weighted by Crippen LogP contribution is 2.23. The molecule has 23 heavy (non-hydrogen) atoms. The van der Waals surface area contributed by atoms with E-state index in [0.717, 1.165) is 0 Å². The van der Waals surface area contributed by atoms with Crippen LogP contribution in [0.5, 0.6) is 0 Å². The number of hydrogen-bond acceptors (Lipinski definition) is 3. The van der Waals surface area contributed by atoms with Gasteiger partial charge in [-0.25, -0.2) is 4.39 Å². The second kappa shape index (κ2) is 7.21. The Morgan fingerprint density at radius 1 is 1.26 bits per heavy atom. The summed E-state index contributed by atoms with van der Waals surface area (Å²) >= 11 is 0. The lowest BCUT2D eigenvalue weighted by atomic mass is 9.99. The van der Waals surface area contributed by atoms with Crippen LogP contribution < -0.4 is 5.32 Å². The Balaban J connectivity index is 1.78. The first-order chi connectivity index (χ1) is 10.9. The third kappa shape index (κ3) is 4.28. The minimum absolute atomic E-state index is 0.0785. The number of carboxylic acid groups (broad SMARTS) is 1. The molecule has 2 N–H and O–H groups in total. The molecule has 2 amide bonds. The van der Waals surface area contributed by atoms with Crippen LogP contribution in [0.25, 0.3) is 0 Å². The molecule has 1 aromatic rings. The van der Waals surface area contributed by atoms with Crippen LogP contribution in [0.1, 0.15) is 23.7 Å². The maximum Gasteiger partial charge on any atom is 0.308 e. The van der Waals surface area contributed by atoms with Gasteiger partial charge >= 0.3 is 5.97 Å². The van der Waals surface area contributed by atoms with Gasteiger partial charge < -0.3 is 15.3 Å². The Morgan fingerprint density at radius 3 is 2.48 bits per heavy atom. The summed E-state index contributed by atoms with van der Waals surface area (Å²) in [5.74, 6) is -2.49. The number of amides is 2. The van der Waals surface area contributed by atoms with E-state index in [1.807, 2.05) is 6.92 Å². The smallest absolute Gasteiger partial charge is 0.308 e. The number of nitrogens with one attached hydrogen (secondary N) is 1. The molecule has 0 saturated carbocycles. The van der Waals surface area contributed by atoms with Crippen LogP contribution in [0.4, 0.5) is 4.39 Å². The highest BCUT2D eigenvalue weighted by Gasteiger charge is 2.36. The van der Waals surface area contributed by atoms with Crippen LogP contribution >= 0.6 is 0 Å². The molecular formula is C16H19FN2O4. The predicted molar refractivity (Wildman–Crippen MR) is 80.2 cm³/mol. The van der Waals surface area contributed by atoms with Crippen LogP contribution in [-0.2, 0) is 9.59 Å². The summed E-state index contributed by atoms with van der Waals surface area (Å²) < 4.78 is 12.8. The van der Waals surface area contributed by atoms with Gasteiger partial charge in [0.2, 0.25) is 5.91 Å². The molecule has 7 heteroatoms. The van der Waals surface area contributed by atoms with E-state index in [1.54, 1.807) is 0 Å². The monoisotopic (exact) mass is 322 g/mol. The number of benzene rings is 1. The molecule has 1 aliphatic rings. The predicted octanol–water partition coefficient (Wildman–Crippen LogP) is 1.12. The highest BCUT2D eigenvalue weighted by atomic mass is 19.1. The number of halogens is 1. The number of rotatable bonds is 5. The molecule has 0 aliphatic carbocycles. The Hall–Kier alpha value is -2.44. The lowest BCUT2D eigenvalue weighted by Crippen LogP contribution is -2.33. The Labute approximate surface area is 133 Å². The zero-order chi connectivity index (χ0) is 17.0. The number of carbonyl (C=O) groups excluding carboxylic acids is 2. The van der Waals surface area contributed by atoms with Crippen LogP contribution in [0, 0.1) is 17.7 Å². The van der Waals surface area contributed by atoms with Crippen molar-refractivity contribution in [3.8, 4) is 0 Å². The Kier molecular flexibility index (Phi) is 5.31. The molecule has 1 aliphatic heterocycles. The van der Waals surface area contributed by atoms with E-state index in [-0.39, 0.29) is 37.2 Å². The van der Waals surface area contributed by atoms with Crippen molar-refractivity contribution in [2.24, 2.45) is 11.8 Å². The van der Waals surface area contributed by atoms with E-state index < -0.39 is 17.7 Å². The van der Waals surface area contributed by atoms with Crippen molar-refractivity contribution in [1.29, 1.82) is 0 Å². The van der Waals surface area contributed by atoms with Crippen molar-refractivity contribution < 1.29 is 23.9 Å². The fourth-order valence-electron chi connectivity index (χ4n) is 2.64. The van der Waals surface area contributed by atoms with Crippen molar-refractivity contribution >= 4 is 17.8 Å².